The summed E-state index contributed by atoms with van der Waals surface area (Å²) in [5, 5.41) is 12.3. The molecule has 0 atom stereocenters. The largest absolute Gasteiger partial charge is 0.508 e. The molecule has 0 fully saturated rings. The standard InChI is InChI=1S/C22H24N4O4S/c1-4-26(5-2)31(29,30)20-12-17(10-9-15(20)3)22(28)25-18-13-23-21(24-14-18)16-7-6-8-19(27)11-16/h6-14,27H,4-5H2,1-3H3,(H,25,28). The Morgan fingerprint density at radius 3 is 2.35 bits per heavy atom. The quantitative estimate of drug-likeness (QED) is 0.582. The molecule has 2 N–H and O–H groups in total. The average Bonchev–Trinajstić information content (AvgIpc) is 2.75. The lowest BCUT2D eigenvalue weighted by molar-refractivity contribution is 0.102. The van der Waals surface area contributed by atoms with Gasteiger partial charge in [-0.25, -0.2) is 18.4 Å². The van der Waals surface area contributed by atoms with Gasteiger partial charge >= 0.3 is 0 Å². The minimum absolute atomic E-state index is 0.105. The Kier molecular flexibility index (Phi) is 6.67. The van der Waals surface area contributed by atoms with E-state index in [0.717, 1.165) is 0 Å². The Morgan fingerprint density at radius 2 is 1.74 bits per heavy atom. The number of hydrogen-bond acceptors (Lipinski definition) is 6. The third kappa shape index (κ3) is 4.89. The van der Waals surface area contributed by atoms with Gasteiger partial charge in [0.2, 0.25) is 10.0 Å². The van der Waals surface area contributed by atoms with Crippen LogP contribution in [0.25, 0.3) is 11.4 Å². The fourth-order valence-electron chi connectivity index (χ4n) is 3.11. The number of carbonyl (C=O) groups is 1. The van der Waals surface area contributed by atoms with Gasteiger partial charge in [0.25, 0.3) is 5.91 Å². The van der Waals surface area contributed by atoms with Crippen molar-refractivity contribution in [3.8, 4) is 17.1 Å². The lowest BCUT2D eigenvalue weighted by Crippen LogP contribution is -2.31. The van der Waals surface area contributed by atoms with Gasteiger partial charge in [0.1, 0.15) is 5.75 Å². The maximum absolute atomic E-state index is 12.9. The third-order valence-corrected chi connectivity index (χ3v) is 6.98. The zero-order valence-electron chi connectivity index (χ0n) is 17.5. The van der Waals surface area contributed by atoms with Crippen molar-refractivity contribution in [2.24, 2.45) is 0 Å². The fourth-order valence-corrected chi connectivity index (χ4v) is 4.82. The molecule has 3 aromatic rings. The molecule has 0 aliphatic heterocycles. The van der Waals surface area contributed by atoms with Gasteiger partial charge in [0, 0.05) is 24.2 Å². The van der Waals surface area contributed by atoms with Gasteiger partial charge in [-0.3, -0.25) is 4.79 Å². The lowest BCUT2D eigenvalue weighted by atomic mass is 10.1. The molecule has 3 rings (SSSR count). The Hall–Kier alpha value is -3.30. The van der Waals surface area contributed by atoms with Gasteiger partial charge in [-0.2, -0.15) is 4.31 Å². The van der Waals surface area contributed by atoms with Crippen molar-refractivity contribution in [1.82, 2.24) is 14.3 Å². The molecule has 0 saturated carbocycles. The minimum Gasteiger partial charge on any atom is -0.508 e. The van der Waals surface area contributed by atoms with Crippen LogP contribution in [-0.2, 0) is 10.0 Å². The number of phenolic OH excluding ortho intramolecular Hbond substituents is 1. The van der Waals surface area contributed by atoms with E-state index >= 15 is 0 Å². The number of aryl methyl sites for hydroxylation is 1. The van der Waals surface area contributed by atoms with E-state index in [4.69, 9.17) is 0 Å². The highest BCUT2D eigenvalue weighted by atomic mass is 32.2. The first kappa shape index (κ1) is 22.4. The van der Waals surface area contributed by atoms with Crippen LogP contribution in [0.2, 0.25) is 0 Å². The summed E-state index contributed by atoms with van der Waals surface area (Å²) < 4.78 is 27.2. The van der Waals surface area contributed by atoms with E-state index in [9.17, 15) is 18.3 Å². The molecule has 1 amide bonds. The molecule has 9 heteroatoms. The van der Waals surface area contributed by atoms with Crippen LogP contribution in [0.3, 0.4) is 0 Å². The SMILES string of the molecule is CCN(CC)S(=O)(=O)c1cc(C(=O)Nc2cnc(-c3cccc(O)c3)nc2)ccc1C. The summed E-state index contributed by atoms with van der Waals surface area (Å²) in [5.74, 6) is 0.0369. The summed E-state index contributed by atoms with van der Waals surface area (Å²) >= 11 is 0. The first-order valence-corrected chi connectivity index (χ1v) is 11.2. The molecular formula is C22H24N4O4S. The van der Waals surface area contributed by atoms with Gasteiger partial charge < -0.3 is 10.4 Å². The predicted octanol–water partition coefficient (Wildman–Crippen LogP) is 3.44. The second-order valence-electron chi connectivity index (χ2n) is 6.87. The number of anilines is 1. The van der Waals surface area contributed by atoms with Crippen LogP contribution in [0.1, 0.15) is 29.8 Å². The number of nitrogens with zero attached hydrogens (tertiary/aromatic N) is 3. The Bertz CT molecular complexity index is 1190. The maximum atomic E-state index is 12.9. The van der Waals surface area contributed by atoms with Crippen LogP contribution in [0.4, 0.5) is 5.69 Å². The second kappa shape index (κ2) is 9.23. The van der Waals surface area contributed by atoms with E-state index in [1.54, 1.807) is 51.1 Å². The van der Waals surface area contributed by atoms with Crippen molar-refractivity contribution in [3.63, 3.8) is 0 Å². The number of phenols is 1. The molecule has 2 aromatic carbocycles. The Morgan fingerprint density at radius 1 is 1.06 bits per heavy atom. The predicted molar refractivity (Wildman–Crippen MR) is 118 cm³/mol. The zero-order chi connectivity index (χ0) is 22.6. The van der Waals surface area contributed by atoms with Crippen LogP contribution >= 0.6 is 0 Å². The maximum Gasteiger partial charge on any atom is 0.255 e. The van der Waals surface area contributed by atoms with E-state index in [2.05, 4.69) is 15.3 Å². The highest BCUT2D eigenvalue weighted by Crippen LogP contribution is 2.23. The topological polar surface area (TPSA) is 112 Å². The van der Waals surface area contributed by atoms with Gasteiger partial charge in [0.05, 0.1) is 23.0 Å². The molecule has 1 heterocycles. The first-order chi connectivity index (χ1) is 14.8. The van der Waals surface area contributed by atoms with E-state index in [1.165, 1.54) is 28.8 Å². The Labute approximate surface area is 181 Å². The summed E-state index contributed by atoms with van der Waals surface area (Å²) in [6, 6.07) is 11.1. The molecule has 0 aliphatic carbocycles. The van der Waals surface area contributed by atoms with Crippen molar-refractivity contribution >= 4 is 21.6 Å². The van der Waals surface area contributed by atoms with Crippen molar-refractivity contribution in [2.75, 3.05) is 18.4 Å². The van der Waals surface area contributed by atoms with Gasteiger partial charge in [-0.1, -0.05) is 32.0 Å². The summed E-state index contributed by atoms with van der Waals surface area (Å²) in [7, 11) is -3.69. The minimum atomic E-state index is -3.69. The fraction of sp³-hybridized carbons (Fsp3) is 0.227. The van der Waals surface area contributed by atoms with E-state index in [0.29, 0.717) is 35.7 Å². The molecule has 0 bridgehead atoms. The average molecular weight is 441 g/mol. The summed E-state index contributed by atoms with van der Waals surface area (Å²) in [6.45, 7) is 5.93. The normalized spacial score (nSPS) is 11.5. The molecule has 1 aromatic heterocycles. The van der Waals surface area contributed by atoms with Gasteiger partial charge in [-0.05, 0) is 36.8 Å². The molecule has 0 aliphatic rings. The van der Waals surface area contributed by atoms with Gasteiger partial charge in [-0.15, -0.1) is 0 Å². The number of rotatable bonds is 7. The second-order valence-corrected chi connectivity index (χ2v) is 8.78. The number of aromatic hydroxyl groups is 1. The highest BCUT2D eigenvalue weighted by molar-refractivity contribution is 7.89. The van der Waals surface area contributed by atoms with E-state index < -0.39 is 15.9 Å². The number of carbonyl (C=O) groups excluding carboxylic acids is 1. The molecule has 0 radical (unpaired) electrons. The van der Waals surface area contributed by atoms with Crippen LogP contribution in [0.5, 0.6) is 5.75 Å². The number of sulfonamides is 1. The molecule has 0 spiro atoms. The number of aromatic nitrogens is 2. The molecular weight excluding hydrogens is 416 g/mol. The summed E-state index contributed by atoms with van der Waals surface area (Å²) in [4.78, 5) is 21.2. The molecule has 0 unspecified atom stereocenters. The zero-order valence-corrected chi connectivity index (χ0v) is 18.3. The number of nitrogens with one attached hydrogen (secondary N) is 1. The molecule has 162 valence electrons. The van der Waals surface area contributed by atoms with Crippen molar-refractivity contribution < 1.29 is 18.3 Å². The van der Waals surface area contributed by atoms with Crippen molar-refractivity contribution in [3.05, 3.63) is 66.0 Å². The van der Waals surface area contributed by atoms with Gasteiger partial charge in [0.15, 0.2) is 5.82 Å². The van der Waals surface area contributed by atoms with Crippen LogP contribution in [0.15, 0.2) is 59.8 Å². The van der Waals surface area contributed by atoms with Crippen LogP contribution in [0, 0.1) is 6.92 Å². The van der Waals surface area contributed by atoms with Crippen molar-refractivity contribution in [2.45, 2.75) is 25.7 Å². The van der Waals surface area contributed by atoms with E-state index in [-0.39, 0.29) is 16.2 Å². The monoisotopic (exact) mass is 440 g/mol. The summed E-state index contributed by atoms with van der Waals surface area (Å²) in [6.07, 6.45) is 2.90. The Balaban J connectivity index is 1.82. The molecule has 31 heavy (non-hydrogen) atoms. The summed E-state index contributed by atoms with van der Waals surface area (Å²) in [5.41, 5.74) is 1.79. The number of hydrogen-bond donors (Lipinski definition) is 2. The first-order valence-electron chi connectivity index (χ1n) is 9.79. The smallest absolute Gasteiger partial charge is 0.255 e. The number of amides is 1. The molecule has 0 saturated heterocycles. The van der Waals surface area contributed by atoms with Crippen molar-refractivity contribution in [1.29, 1.82) is 0 Å². The highest BCUT2D eigenvalue weighted by Gasteiger charge is 2.24. The van der Waals surface area contributed by atoms with Crippen LogP contribution < -0.4 is 5.32 Å². The van der Waals surface area contributed by atoms with E-state index in [1.807, 2.05) is 0 Å². The molecule has 8 nitrogen and oxygen atoms in total. The lowest BCUT2D eigenvalue weighted by Gasteiger charge is -2.20. The third-order valence-electron chi connectivity index (χ3n) is 4.79. The number of benzene rings is 2. The van der Waals surface area contributed by atoms with Crippen LogP contribution in [-0.4, -0.2) is 46.8 Å².